The number of rotatable bonds is 3. The largest absolute Gasteiger partial charge is 0.341 e. The van der Waals surface area contributed by atoms with Gasteiger partial charge < -0.3 is 4.90 Å². The molecule has 3 nitrogen and oxygen atoms in total. The molecule has 0 spiro atoms. The fourth-order valence-electron chi connectivity index (χ4n) is 2.47. The normalized spacial score (nSPS) is 19.3. The molecule has 98 valence electrons. The quantitative estimate of drug-likeness (QED) is 0.815. The van der Waals surface area contributed by atoms with Gasteiger partial charge in [-0.05, 0) is 24.1 Å². The Morgan fingerprint density at radius 1 is 1.37 bits per heavy atom. The van der Waals surface area contributed by atoms with Crippen LogP contribution < -0.4 is 0 Å². The molecule has 3 rings (SSSR count). The third-order valence-corrected chi connectivity index (χ3v) is 4.12. The van der Waals surface area contributed by atoms with Crippen molar-refractivity contribution in [2.45, 2.75) is 17.7 Å². The number of aromatic nitrogens is 1. The van der Waals surface area contributed by atoms with Gasteiger partial charge in [-0.1, -0.05) is 34.1 Å². The van der Waals surface area contributed by atoms with Gasteiger partial charge in [0.2, 0.25) is 5.91 Å². The van der Waals surface area contributed by atoms with Crippen molar-refractivity contribution in [3.05, 3.63) is 42.1 Å². The van der Waals surface area contributed by atoms with Crippen LogP contribution in [-0.4, -0.2) is 33.7 Å². The Balaban J connectivity index is 1.70. The third kappa shape index (κ3) is 2.78. The topological polar surface area (TPSA) is 33.2 Å². The van der Waals surface area contributed by atoms with E-state index in [-0.39, 0.29) is 5.91 Å². The summed E-state index contributed by atoms with van der Waals surface area (Å²) < 4.78 is 0. The van der Waals surface area contributed by atoms with Gasteiger partial charge in [-0.3, -0.25) is 9.78 Å². The van der Waals surface area contributed by atoms with Gasteiger partial charge in [-0.2, -0.15) is 0 Å². The second-order valence-electron chi connectivity index (χ2n) is 4.92. The predicted octanol–water partition coefficient (Wildman–Crippen LogP) is 2.77. The molecule has 0 bridgehead atoms. The smallest absolute Gasteiger partial charge is 0.223 e. The fraction of sp³-hybridized carbons (Fsp3) is 0.333. The first kappa shape index (κ1) is 12.6. The summed E-state index contributed by atoms with van der Waals surface area (Å²) in [4.78, 5) is 18.3. The van der Waals surface area contributed by atoms with Crippen molar-refractivity contribution in [3.8, 4) is 0 Å². The Hall–Kier alpha value is -1.42. The molecule has 1 aliphatic rings. The maximum Gasteiger partial charge on any atom is 0.223 e. The van der Waals surface area contributed by atoms with E-state index >= 15 is 0 Å². The molecule has 0 aliphatic carbocycles. The number of hydrogen-bond donors (Lipinski definition) is 0. The molecule has 0 saturated carbocycles. The number of likely N-dealkylation sites (tertiary alicyclic amines) is 1. The molecule has 1 amide bonds. The second-order valence-corrected chi connectivity index (χ2v) is 6.22. The van der Waals surface area contributed by atoms with Crippen LogP contribution in [0.2, 0.25) is 0 Å². The molecule has 1 aromatic carbocycles. The molecule has 1 unspecified atom stereocenters. The Morgan fingerprint density at radius 2 is 2.26 bits per heavy atom. The molecule has 4 heteroatoms. The first-order valence-corrected chi connectivity index (χ1v) is 7.39. The number of fused-ring (bicyclic) bond motifs is 1. The van der Waals surface area contributed by atoms with Crippen molar-refractivity contribution in [1.82, 2.24) is 9.88 Å². The van der Waals surface area contributed by atoms with Gasteiger partial charge in [0.1, 0.15) is 0 Å². The molecule has 19 heavy (non-hydrogen) atoms. The standard InChI is InChI=1S/C15H15BrN2O/c16-13-9-15(19)18(10-13)7-5-11-3-4-12-2-1-6-17-14(12)8-11/h1-4,6,8,13H,5,7,9-10H2. The van der Waals surface area contributed by atoms with Crippen LogP contribution in [0.3, 0.4) is 0 Å². The van der Waals surface area contributed by atoms with Crippen molar-refractivity contribution in [2.75, 3.05) is 13.1 Å². The van der Waals surface area contributed by atoms with Gasteiger partial charge >= 0.3 is 0 Å². The Labute approximate surface area is 120 Å². The van der Waals surface area contributed by atoms with Gasteiger partial charge in [0.15, 0.2) is 0 Å². The zero-order chi connectivity index (χ0) is 13.2. The van der Waals surface area contributed by atoms with Crippen LogP contribution in [0.25, 0.3) is 10.9 Å². The number of carbonyl (C=O) groups excluding carboxylic acids is 1. The van der Waals surface area contributed by atoms with Crippen LogP contribution in [0, 0.1) is 0 Å². The zero-order valence-corrected chi connectivity index (χ0v) is 12.1. The van der Waals surface area contributed by atoms with Crippen LogP contribution in [0.4, 0.5) is 0 Å². The molecular formula is C15H15BrN2O. The lowest BCUT2D eigenvalue weighted by atomic mass is 10.1. The third-order valence-electron chi connectivity index (χ3n) is 3.51. The number of amides is 1. The number of alkyl halides is 1. The van der Waals surface area contributed by atoms with Gasteiger partial charge in [0.25, 0.3) is 0 Å². The summed E-state index contributed by atoms with van der Waals surface area (Å²) in [5.41, 5.74) is 2.25. The van der Waals surface area contributed by atoms with E-state index in [1.807, 2.05) is 17.2 Å². The fourth-order valence-corrected chi connectivity index (χ4v) is 3.10. The van der Waals surface area contributed by atoms with Crippen LogP contribution in [0.15, 0.2) is 36.5 Å². The summed E-state index contributed by atoms with van der Waals surface area (Å²) >= 11 is 3.51. The van der Waals surface area contributed by atoms with E-state index in [0.29, 0.717) is 11.2 Å². The maximum atomic E-state index is 11.7. The molecule has 1 aromatic heterocycles. The van der Waals surface area contributed by atoms with Crippen molar-refractivity contribution in [3.63, 3.8) is 0 Å². The molecule has 1 fully saturated rings. The summed E-state index contributed by atoms with van der Waals surface area (Å²) in [6, 6.07) is 10.3. The molecule has 2 heterocycles. The molecule has 0 radical (unpaired) electrons. The maximum absolute atomic E-state index is 11.7. The lowest BCUT2D eigenvalue weighted by Gasteiger charge is -2.15. The van der Waals surface area contributed by atoms with Crippen molar-refractivity contribution in [1.29, 1.82) is 0 Å². The number of carbonyl (C=O) groups is 1. The molecule has 0 N–H and O–H groups in total. The molecule has 1 atom stereocenters. The SMILES string of the molecule is O=C1CC(Br)CN1CCc1ccc2cccnc2c1. The number of pyridine rings is 1. The number of benzene rings is 1. The first-order valence-electron chi connectivity index (χ1n) is 6.48. The van der Waals surface area contributed by atoms with E-state index in [4.69, 9.17) is 0 Å². The van der Waals surface area contributed by atoms with Crippen LogP contribution >= 0.6 is 15.9 Å². The van der Waals surface area contributed by atoms with E-state index in [9.17, 15) is 4.79 Å². The van der Waals surface area contributed by atoms with Crippen LogP contribution in [-0.2, 0) is 11.2 Å². The lowest BCUT2D eigenvalue weighted by Crippen LogP contribution is -2.27. The average Bonchev–Trinajstić information content (AvgIpc) is 2.74. The highest BCUT2D eigenvalue weighted by atomic mass is 79.9. The molecular weight excluding hydrogens is 304 g/mol. The summed E-state index contributed by atoms with van der Waals surface area (Å²) in [7, 11) is 0. The average molecular weight is 319 g/mol. The Bertz CT molecular complexity index is 614. The Kier molecular flexibility index (Phi) is 3.51. The lowest BCUT2D eigenvalue weighted by molar-refractivity contribution is -0.127. The van der Waals surface area contributed by atoms with Gasteiger partial charge in [0.05, 0.1) is 5.52 Å². The van der Waals surface area contributed by atoms with E-state index in [0.717, 1.165) is 30.4 Å². The van der Waals surface area contributed by atoms with E-state index < -0.39 is 0 Å². The molecule has 1 aliphatic heterocycles. The van der Waals surface area contributed by atoms with Gasteiger partial charge in [0, 0.05) is 35.9 Å². The van der Waals surface area contributed by atoms with E-state index in [1.165, 1.54) is 5.56 Å². The van der Waals surface area contributed by atoms with Gasteiger partial charge in [-0.25, -0.2) is 0 Å². The minimum Gasteiger partial charge on any atom is -0.341 e. The molecule has 1 saturated heterocycles. The highest BCUT2D eigenvalue weighted by Gasteiger charge is 2.26. The van der Waals surface area contributed by atoms with Crippen molar-refractivity contribution in [2.24, 2.45) is 0 Å². The van der Waals surface area contributed by atoms with Crippen molar-refractivity contribution < 1.29 is 4.79 Å². The first-order chi connectivity index (χ1) is 9.22. The summed E-state index contributed by atoms with van der Waals surface area (Å²) in [5, 5.41) is 1.16. The van der Waals surface area contributed by atoms with E-state index in [1.54, 1.807) is 0 Å². The number of halogens is 1. The minimum absolute atomic E-state index is 0.251. The summed E-state index contributed by atoms with van der Waals surface area (Å²) in [5.74, 6) is 0.251. The number of nitrogens with zero attached hydrogens (tertiary/aromatic N) is 2. The van der Waals surface area contributed by atoms with Crippen LogP contribution in [0.1, 0.15) is 12.0 Å². The van der Waals surface area contributed by atoms with Gasteiger partial charge in [-0.15, -0.1) is 0 Å². The monoisotopic (exact) mass is 318 g/mol. The minimum atomic E-state index is 0.251. The predicted molar refractivity (Wildman–Crippen MR) is 79.4 cm³/mol. The van der Waals surface area contributed by atoms with E-state index in [2.05, 4.69) is 45.2 Å². The Morgan fingerprint density at radius 3 is 3.05 bits per heavy atom. The summed E-state index contributed by atoms with van der Waals surface area (Å²) in [6.45, 7) is 1.62. The second kappa shape index (κ2) is 5.29. The summed E-state index contributed by atoms with van der Waals surface area (Å²) in [6.07, 6.45) is 3.32. The number of hydrogen-bond acceptors (Lipinski definition) is 2. The highest BCUT2D eigenvalue weighted by molar-refractivity contribution is 9.09. The van der Waals surface area contributed by atoms with Crippen LogP contribution in [0.5, 0.6) is 0 Å². The molecule has 2 aromatic rings. The highest BCUT2D eigenvalue weighted by Crippen LogP contribution is 2.19. The zero-order valence-electron chi connectivity index (χ0n) is 10.6. The van der Waals surface area contributed by atoms with Crippen molar-refractivity contribution >= 4 is 32.7 Å².